The van der Waals surface area contributed by atoms with Crippen molar-refractivity contribution in [3.63, 3.8) is 0 Å². The number of carbonyl (C=O) groups is 1. The number of aromatic nitrogens is 1. The van der Waals surface area contributed by atoms with Crippen molar-refractivity contribution in [1.29, 1.82) is 0 Å². The molecular weight excluding hydrogens is 420 g/mol. The van der Waals surface area contributed by atoms with Gasteiger partial charge in [-0.05, 0) is 75.3 Å². The minimum atomic E-state index is 0.0306. The van der Waals surface area contributed by atoms with E-state index in [9.17, 15) is 4.79 Å². The second kappa shape index (κ2) is 10.0. The predicted molar refractivity (Wildman–Crippen MR) is 131 cm³/mol. The Morgan fingerprint density at radius 3 is 2.66 bits per heavy atom. The van der Waals surface area contributed by atoms with Crippen LogP contribution in [0.5, 0.6) is 0 Å². The number of pyridine rings is 1. The van der Waals surface area contributed by atoms with Crippen LogP contribution in [0.3, 0.4) is 0 Å². The number of benzene rings is 2. The quantitative estimate of drug-likeness (QED) is 0.589. The smallest absolute Gasteiger partial charge is 0.253 e. The number of anilines is 1. The molecule has 0 unspecified atom stereocenters. The zero-order valence-electron chi connectivity index (χ0n) is 18.3. The highest BCUT2D eigenvalue weighted by Gasteiger charge is 2.14. The molecule has 1 fully saturated rings. The molecule has 2 N–H and O–H groups in total. The summed E-state index contributed by atoms with van der Waals surface area (Å²) in [5.41, 5.74) is 8.19. The number of carbonyl (C=O) groups excluding carboxylic acids is 1. The fraction of sp³-hybridized carbons (Fsp3) is 0.308. The lowest BCUT2D eigenvalue weighted by atomic mass is 10.1. The van der Waals surface area contributed by atoms with Crippen LogP contribution in [0.1, 0.15) is 40.7 Å². The molecule has 1 amide bonds. The number of hydrogen-bond donors (Lipinski definition) is 1. The SMILES string of the molecule is CN(CCCN1CCCC1)C(=O)c1ccc(C#Cc2c(N)ncc3ccc(Cl)cc23)cc1. The molecule has 2 heterocycles. The lowest BCUT2D eigenvalue weighted by Gasteiger charge is -2.20. The molecule has 1 aromatic heterocycles. The van der Waals surface area contributed by atoms with Gasteiger partial charge in [0.1, 0.15) is 5.82 Å². The van der Waals surface area contributed by atoms with Gasteiger partial charge in [0.25, 0.3) is 5.91 Å². The average molecular weight is 447 g/mol. The number of fused-ring (bicyclic) bond motifs is 1. The monoisotopic (exact) mass is 446 g/mol. The molecular formula is C26H27ClN4O. The van der Waals surface area contributed by atoms with E-state index in [4.69, 9.17) is 17.3 Å². The standard InChI is InChI=1S/C26H27ClN4O/c1-30(13-4-16-31-14-2-3-15-31)26(32)20-8-5-19(6-9-20)7-12-23-24-17-22(27)11-10-21(24)18-29-25(23)28/h5-6,8-11,17-18H,2-4,13-16H2,1H3,(H2,28,29). The van der Waals surface area contributed by atoms with Gasteiger partial charge < -0.3 is 15.5 Å². The molecule has 6 heteroatoms. The largest absolute Gasteiger partial charge is 0.383 e. The van der Waals surface area contributed by atoms with Crippen molar-refractivity contribution < 1.29 is 4.79 Å². The van der Waals surface area contributed by atoms with Crippen LogP contribution in [0, 0.1) is 11.8 Å². The number of nitrogens with zero attached hydrogens (tertiary/aromatic N) is 3. The van der Waals surface area contributed by atoms with Crippen molar-refractivity contribution in [3.05, 3.63) is 70.4 Å². The molecule has 0 atom stereocenters. The maximum absolute atomic E-state index is 12.7. The highest BCUT2D eigenvalue weighted by Crippen LogP contribution is 2.25. The lowest BCUT2D eigenvalue weighted by molar-refractivity contribution is 0.0789. The first-order valence-electron chi connectivity index (χ1n) is 10.9. The Hall–Kier alpha value is -3.07. The molecule has 5 nitrogen and oxygen atoms in total. The summed E-state index contributed by atoms with van der Waals surface area (Å²) in [5.74, 6) is 6.66. The van der Waals surface area contributed by atoms with Crippen LogP contribution < -0.4 is 5.73 Å². The van der Waals surface area contributed by atoms with Crippen LogP contribution >= 0.6 is 11.6 Å². The van der Waals surface area contributed by atoms with Gasteiger partial charge in [-0.15, -0.1) is 0 Å². The summed E-state index contributed by atoms with van der Waals surface area (Å²) in [4.78, 5) is 21.2. The number of nitrogen functional groups attached to an aromatic ring is 1. The van der Waals surface area contributed by atoms with Crippen molar-refractivity contribution in [2.45, 2.75) is 19.3 Å². The third-order valence-corrected chi connectivity index (χ3v) is 6.10. The normalized spacial score (nSPS) is 13.7. The fourth-order valence-corrected chi connectivity index (χ4v) is 4.19. The second-order valence-corrected chi connectivity index (χ2v) is 8.64. The molecule has 3 aromatic rings. The van der Waals surface area contributed by atoms with Crippen LogP contribution in [0.15, 0.2) is 48.7 Å². The van der Waals surface area contributed by atoms with E-state index in [0.717, 1.165) is 35.8 Å². The first kappa shape index (κ1) is 22.1. The third-order valence-electron chi connectivity index (χ3n) is 5.86. The van der Waals surface area contributed by atoms with Crippen LogP contribution in [-0.4, -0.2) is 53.9 Å². The Bertz CT molecular complexity index is 1170. The molecule has 4 rings (SSSR count). The molecule has 0 saturated carbocycles. The maximum atomic E-state index is 12.7. The zero-order chi connectivity index (χ0) is 22.5. The molecule has 0 bridgehead atoms. The lowest BCUT2D eigenvalue weighted by Crippen LogP contribution is -2.30. The van der Waals surface area contributed by atoms with Crippen molar-refractivity contribution in [3.8, 4) is 11.8 Å². The van der Waals surface area contributed by atoms with E-state index in [-0.39, 0.29) is 5.91 Å². The number of halogens is 1. The number of nitrogens with two attached hydrogens (primary N) is 1. The topological polar surface area (TPSA) is 62.5 Å². The first-order valence-corrected chi connectivity index (χ1v) is 11.3. The maximum Gasteiger partial charge on any atom is 0.253 e. The van der Waals surface area contributed by atoms with Gasteiger partial charge in [0, 0.05) is 46.7 Å². The molecule has 0 aliphatic carbocycles. The zero-order valence-corrected chi connectivity index (χ0v) is 19.0. The van der Waals surface area contributed by atoms with Crippen LogP contribution in [0.4, 0.5) is 5.82 Å². The molecule has 1 aliphatic rings. The minimum absolute atomic E-state index is 0.0306. The van der Waals surface area contributed by atoms with Gasteiger partial charge in [0.05, 0.1) is 5.56 Å². The minimum Gasteiger partial charge on any atom is -0.383 e. The van der Waals surface area contributed by atoms with E-state index < -0.39 is 0 Å². The van der Waals surface area contributed by atoms with Gasteiger partial charge >= 0.3 is 0 Å². The Morgan fingerprint density at radius 2 is 1.91 bits per heavy atom. The van der Waals surface area contributed by atoms with Crippen LogP contribution in [-0.2, 0) is 0 Å². The summed E-state index contributed by atoms with van der Waals surface area (Å²) in [7, 11) is 1.86. The molecule has 1 aliphatic heterocycles. The van der Waals surface area contributed by atoms with E-state index >= 15 is 0 Å². The first-order chi connectivity index (χ1) is 15.5. The van der Waals surface area contributed by atoms with Gasteiger partial charge in [-0.2, -0.15) is 0 Å². The molecule has 0 spiro atoms. The van der Waals surface area contributed by atoms with Crippen molar-refractivity contribution in [2.75, 3.05) is 39.0 Å². The van der Waals surface area contributed by atoms with Gasteiger partial charge in [-0.3, -0.25) is 4.79 Å². The number of amides is 1. The summed E-state index contributed by atoms with van der Waals surface area (Å²) in [5, 5.41) is 2.43. The van der Waals surface area contributed by atoms with Gasteiger partial charge in [0.2, 0.25) is 0 Å². The third kappa shape index (κ3) is 5.21. The van der Waals surface area contributed by atoms with Gasteiger partial charge in [0.15, 0.2) is 0 Å². The summed E-state index contributed by atoms with van der Waals surface area (Å²) >= 11 is 6.15. The molecule has 2 aromatic carbocycles. The number of hydrogen-bond acceptors (Lipinski definition) is 4. The Balaban J connectivity index is 1.43. The fourth-order valence-electron chi connectivity index (χ4n) is 4.02. The van der Waals surface area contributed by atoms with Crippen molar-refractivity contribution in [2.24, 2.45) is 0 Å². The van der Waals surface area contributed by atoms with E-state index in [1.54, 1.807) is 11.1 Å². The number of rotatable bonds is 5. The number of likely N-dealkylation sites (tertiary alicyclic amines) is 1. The Morgan fingerprint density at radius 1 is 1.16 bits per heavy atom. The molecule has 32 heavy (non-hydrogen) atoms. The van der Waals surface area contributed by atoms with Crippen molar-refractivity contribution in [1.82, 2.24) is 14.8 Å². The highest BCUT2D eigenvalue weighted by molar-refractivity contribution is 6.31. The van der Waals surface area contributed by atoms with Gasteiger partial charge in [-0.25, -0.2) is 4.98 Å². The summed E-state index contributed by atoms with van der Waals surface area (Å²) in [6.07, 6.45) is 5.30. The van der Waals surface area contributed by atoms with E-state index in [0.29, 0.717) is 22.0 Å². The average Bonchev–Trinajstić information content (AvgIpc) is 3.32. The molecule has 0 radical (unpaired) electrons. The van der Waals surface area contributed by atoms with Gasteiger partial charge in [-0.1, -0.05) is 29.5 Å². The summed E-state index contributed by atoms with van der Waals surface area (Å²) in [6.45, 7) is 4.19. The second-order valence-electron chi connectivity index (χ2n) is 8.21. The van der Waals surface area contributed by atoms with E-state index in [1.807, 2.05) is 49.5 Å². The Kier molecular flexibility index (Phi) is 6.94. The predicted octanol–water partition coefficient (Wildman–Crippen LogP) is 4.43. The van der Waals surface area contributed by atoms with Crippen molar-refractivity contribution >= 4 is 34.1 Å². The Labute approximate surface area is 194 Å². The highest BCUT2D eigenvalue weighted by atomic mass is 35.5. The van der Waals surface area contributed by atoms with E-state index in [1.165, 1.54) is 25.9 Å². The summed E-state index contributed by atoms with van der Waals surface area (Å²) < 4.78 is 0. The van der Waals surface area contributed by atoms with Crippen LogP contribution in [0.2, 0.25) is 5.02 Å². The van der Waals surface area contributed by atoms with Crippen LogP contribution in [0.25, 0.3) is 10.8 Å². The van der Waals surface area contributed by atoms with E-state index in [2.05, 4.69) is 21.7 Å². The molecule has 1 saturated heterocycles. The molecule has 164 valence electrons. The summed E-state index contributed by atoms with van der Waals surface area (Å²) in [6, 6.07) is 12.9.